The summed E-state index contributed by atoms with van der Waals surface area (Å²) in [5.41, 5.74) is 3.33. The summed E-state index contributed by atoms with van der Waals surface area (Å²) in [6.07, 6.45) is 1.60. The molecule has 1 aromatic carbocycles. The Morgan fingerprint density at radius 2 is 2.00 bits per heavy atom. The average molecular weight is 387 g/mol. The number of aliphatic carboxylic acids is 1. The number of thioether (sulfide) groups is 1. The zero-order valence-corrected chi connectivity index (χ0v) is 16.1. The number of rotatable bonds is 4. The third kappa shape index (κ3) is 3.45. The zero-order chi connectivity index (χ0) is 19.0. The lowest BCUT2D eigenvalue weighted by Gasteiger charge is -2.18. The Bertz CT molecular complexity index is 945. The van der Waals surface area contributed by atoms with Gasteiger partial charge in [-0.2, -0.15) is 0 Å². The van der Waals surface area contributed by atoms with Crippen molar-refractivity contribution in [1.29, 1.82) is 0 Å². The van der Waals surface area contributed by atoms with Crippen molar-refractivity contribution in [2.75, 3.05) is 0 Å². The number of hydrogen-bond acceptors (Lipinski definition) is 5. The van der Waals surface area contributed by atoms with Gasteiger partial charge >= 0.3 is 5.97 Å². The van der Waals surface area contributed by atoms with Crippen molar-refractivity contribution in [1.82, 2.24) is 4.90 Å². The molecule has 1 fully saturated rings. The highest BCUT2D eigenvalue weighted by molar-refractivity contribution is 8.26. The molecule has 3 rings (SSSR count). The number of furan rings is 1. The largest absolute Gasteiger partial charge is 0.480 e. The standard InChI is InChI=1S/C19H17NO4S2/c1-10-4-5-13(8-11(10)2)15-7-6-14(24-15)9-16-17(21)20(19(25)26-16)12(3)18(22)23/h4-9,12H,1-3H3,(H,22,23)/b16-9-. The molecule has 1 aliphatic heterocycles. The predicted octanol–water partition coefficient (Wildman–Crippen LogP) is 4.24. The molecule has 26 heavy (non-hydrogen) atoms. The molecule has 0 aliphatic carbocycles. The molecule has 1 aromatic heterocycles. The van der Waals surface area contributed by atoms with Gasteiger partial charge in [0.15, 0.2) is 0 Å². The molecule has 0 bridgehead atoms. The Balaban J connectivity index is 1.86. The number of nitrogens with zero attached hydrogens (tertiary/aromatic N) is 1. The third-order valence-electron chi connectivity index (χ3n) is 4.26. The highest BCUT2D eigenvalue weighted by Crippen LogP contribution is 2.35. The number of aryl methyl sites for hydroxylation is 2. The molecule has 0 spiro atoms. The van der Waals surface area contributed by atoms with Crippen molar-refractivity contribution < 1.29 is 19.1 Å². The summed E-state index contributed by atoms with van der Waals surface area (Å²) < 4.78 is 6.07. The molecular formula is C19H17NO4S2. The van der Waals surface area contributed by atoms with Gasteiger partial charge in [0, 0.05) is 11.6 Å². The first-order valence-electron chi connectivity index (χ1n) is 7.95. The van der Waals surface area contributed by atoms with Crippen LogP contribution in [-0.4, -0.2) is 32.2 Å². The number of carboxylic acid groups (broad SMARTS) is 1. The average Bonchev–Trinajstić information content (AvgIpc) is 3.15. The van der Waals surface area contributed by atoms with E-state index in [4.69, 9.17) is 21.7 Å². The fraction of sp³-hybridized carbons (Fsp3) is 0.211. The summed E-state index contributed by atoms with van der Waals surface area (Å²) in [7, 11) is 0. The van der Waals surface area contributed by atoms with E-state index in [1.165, 1.54) is 18.1 Å². The summed E-state index contributed by atoms with van der Waals surface area (Å²) in [6, 6.07) is 8.68. The summed E-state index contributed by atoms with van der Waals surface area (Å²) in [4.78, 5) is 25.1. The molecule has 1 atom stereocenters. The lowest BCUT2D eigenvalue weighted by atomic mass is 10.1. The van der Waals surface area contributed by atoms with Crippen molar-refractivity contribution in [3.63, 3.8) is 0 Å². The second-order valence-corrected chi connectivity index (χ2v) is 7.74. The van der Waals surface area contributed by atoms with Gasteiger partial charge in [-0.25, -0.2) is 4.79 Å². The first kappa shape index (κ1) is 18.4. The fourth-order valence-corrected chi connectivity index (χ4v) is 3.93. The van der Waals surface area contributed by atoms with Crippen molar-refractivity contribution in [2.45, 2.75) is 26.8 Å². The molecule has 0 saturated carbocycles. The third-order valence-corrected chi connectivity index (χ3v) is 5.59. The molecule has 134 valence electrons. The van der Waals surface area contributed by atoms with Crippen LogP contribution in [0.1, 0.15) is 23.8 Å². The molecule has 5 nitrogen and oxygen atoms in total. The van der Waals surface area contributed by atoms with Crippen LogP contribution in [0.4, 0.5) is 0 Å². The van der Waals surface area contributed by atoms with Crippen LogP contribution < -0.4 is 0 Å². The normalized spacial score (nSPS) is 17.2. The van der Waals surface area contributed by atoms with Gasteiger partial charge in [0.2, 0.25) is 0 Å². The second kappa shape index (κ2) is 7.09. The van der Waals surface area contributed by atoms with E-state index in [0.29, 0.717) is 16.4 Å². The summed E-state index contributed by atoms with van der Waals surface area (Å²) in [6.45, 7) is 5.52. The van der Waals surface area contributed by atoms with Gasteiger partial charge < -0.3 is 9.52 Å². The Hall–Kier alpha value is -2.38. The Labute approximate surface area is 160 Å². The van der Waals surface area contributed by atoms with E-state index < -0.39 is 17.9 Å². The van der Waals surface area contributed by atoms with Crippen LogP contribution in [0.25, 0.3) is 17.4 Å². The first-order chi connectivity index (χ1) is 12.3. The molecule has 1 amide bonds. The number of carboxylic acids is 1. The smallest absolute Gasteiger partial charge is 0.326 e. The minimum atomic E-state index is -1.10. The first-order valence-corrected chi connectivity index (χ1v) is 9.17. The maximum Gasteiger partial charge on any atom is 0.326 e. The summed E-state index contributed by atoms with van der Waals surface area (Å²) in [5, 5.41) is 9.12. The minimum Gasteiger partial charge on any atom is -0.480 e. The van der Waals surface area contributed by atoms with E-state index in [2.05, 4.69) is 0 Å². The van der Waals surface area contributed by atoms with Crippen molar-refractivity contribution >= 4 is 46.3 Å². The Morgan fingerprint density at radius 3 is 2.65 bits per heavy atom. The number of carbonyl (C=O) groups excluding carboxylic acids is 1. The number of amides is 1. The van der Waals surface area contributed by atoms with Gasteiger partial charge in [0.1, 0.15) is 21.9 Å². The van der Waals surface area contributed by atoms with Crippen LogP contribution in [-0.2, 0) is 9.59 Å². The van der Waals surface area contributed by atoms with Crippen molar-refractivity contribution in [3.8, 4) is 11.3 Å². The van der Waals surface area contributed by atoms with E-state index in [1.54, 1.807) is 12.1 Å². The van der Waals surface area contributed by atoms with Gasteiger partial charge in [-0.15, -0.1) is 0 Å². The molecule has 2 heterocycles. The molecule has 1 aliphatic rings. The van der Waals surface area contributed by atoms with E-state index in [9.17, 15) is 9.59 Å². The molecule has 1 N–H and O–H groups in total. The number of thiocarbonyl (C=S) groups is 1. The van der Waals surface area contributed by atoms with Gasteiger partial charge in [0.25, 0.3) is 5.91 Å². The lowest BCUT2D eigenvalue weighted by Crippen LogP contribution is -2.41. The fourth-order valence-electron chi connectivity index (χ4n) is 2.53. The number of hydrogen-bond donors (Lipinski definition) is 1. The Kier molecular flexibility index (Phi) is 5.02. The van der Waals surface area contributed by atoms with E-state index in [-0.39, 0.29) is 4.32 Å². The highest BCUT2D eigenvalue weighted by Gasteiger charge is 2.38. The van der Waals surface area contributed by atoms with E-state index >= 15 is 0 Å². The molecular weight excluding hydrogens is 370 g/mol. The molecule has 2 aromatic rings. The zero-order valence-electron chi connectivity index (χ0n) is 14.5. The number of carbonyl (C=O) groups is 2. The SMILES string of the molecule is Cc1ccc(-c2ccc(/C=C3\SC(=S)N(C(C)C(=O)O)C3=O)o2)cc1C. The van der Waals surface area contributed by atoms with Gasteiger partial charge in [-0.05, 0) is 50.1 Å². The van der Waals surface area contributed by atoms with Crippen LogP contribution in [0.2, 0.25) is 0 Å². The maximum absolute atomic E-state index is 12.5. The Morgan fingerprint density at radius 1 is 1.27 bits per heavy atom. The predicted molar refractivity (Wildman–Crippen MR) is 106 cm³/mol. The second-order valence-electron chi connectivity index (χ2n) is 6.07. The van der Waals surface area contributed by atoms with Crippen molar-refractivity contribution in [3.05, 3.63) is 52.1 Å². The van der Waals surface area contributed by atoms with E-state index in [1.807, 2.05) is 38.1 Å². The monoisotopic (exact) mass is 387 g/mol. The maximum atomic E-state index is 12.5. The van der Waals surface area contributed by atoms with Crippen LogP contribution in [0.3, 0.4) is 0 Å². The van der Waals surface area contributed by atoms with Crippen LogP contribution in [0.15, 0.2) is 39.7 Å². The molecule has 0 radical (unpaired) electrons. The van der Waals surface area contributed by atoms with Crippen molar-refractivity contribution in [2.24, 2.45) is 0 Å². The van der Waals surface area contributed by atoms with Crippen LogP contribution in [0, 0.1) is 13.8 Å². The van der Waals surface area contributed by atoms with Crippen LogP contribution in [0.5, 0.6) is 0 Å². The van der Waals surface area contributed by atoms with Crippen LogP contribution >= 0.6 is 24.0 Å². The molecule has 1 saturated heterocycles. The summed E-state index contributed by atoms with van der Waals surface area (Å²) in [5.74, 6) is -0.299. The number of benzene rings is 1. The molecule has 1 unspecified atom stereocenters. The minimum absolute atomic E-state index is 0.233. The van der Waals surface area contributed by atoms with Gasteiger partial charge in [-0.3, -0.25) is 9.69 Å². The summed E-state index contributed by atoms with van der Waals surface area (Å²) >= 11 is 6.23. The topological polar surface area (TPSA) is 70.8 Å². The van der Waals surface area contributed by atoms with E-state index in [0.717, 1.165) is 22.2 Å². The quantitative estimate of drug-likeness (QED) is 0.625. The highest BCUT2D eigenvalue weighted by atomic mass is 32.2. The van der Waals surface area contributed by atoms with Gasteiger partial charge in [0.05, 0.1) is 4.91 Å². The van der Waals surface area contributed by atoms with Gasteiger partial charge in [-0.1, -0.05) is 36.1 Å². The molecule has 7 heteroatoms. The lowest BCUT2D eigenvalue weighted by molar-refractivity contribution is -0.144.